The summed E-state index contributed by atoms with van der Waals surface area (Å²) in [5.41, 5.74) is 1.68. The number of hydrogen-bond acceptors (Lipinski definition) is 6. The van der Waals surface area contributed by atoms with Crippen LogP contribution in [0.4, 0.5) is 15.6 Å². The fourth-order valence-corrected chi connectivity index (χ4v) is 4.46. The van der Waals surface area contributed by atoms with Crippen LogP contribution in [0.5, 0.6) is 11.5 Å². The number of anilines is 2. The second kappa shape index (κ2) is 9.21. The predicted octanol–water partition coefficient (Wildman–Crippen LogP) is 4.45. The van der Waals surface area contributed by atoms with Crippen molar-refractivity contribution in [2.45, 2.75) is 13.8 Å². The summed E-state index contributed by atoms with van der Waals surface area (Å²) in [6.45, 7) is 7.96. The molecule has 2 heterocycles. The number of benzene rings is 2. The molecule has 0 bridgehead atoms. The molecule has 1 saturated heterocycles. The van der Waals surface area contributed by atoms with Crippen LogP contribution in [0.1, 0.15) is 13.8 Å². The SMILES string of the molecule is CCOc1ccc(NC(=O)N2CCN(c3nc4c(OCC)cccc4s3)CC2)cc1. The Hall–Kier alpha value is -3.00. The standard InChI is InChI=1S/C22H26N4O3S/c1-3-28-17-10-8-16(9-11-17)23-21(27)25-12-14-26(15-13-25)22-24-20-18(29-4-2)6-5-7-19(20)30-22/h5-11H,3-4,12-15H2,1-2H3,(H,23,27). The van der Waals surface area contributed by atoms with E-state index in [4.69, 9.17) is 14.5 Å². The molecule has 1 N–H and O–H groups in total. The molecule has 3 aromatic rings. The van der Waals surface area contributed by atoms with Crippen LogP contribution in [-0.2, 0) is 0 Å². The summed E-state index contributed by atoms with van der Waals surface area (Å²) in [7, 11) is 0. The quantitative estimate of drug-likeness (QED) is 0.631. The van der Waals surface area contributed by atoms with E-state index in [-0.39, 0.29) is 6.03 Å². The van der Waals surface area contributed by atoms with Gasteiger partial charge in [-0.15, -0.1) is 0 Å². The van der Waals surface area contributed by atoms with E-state index in [1.807, 2.05) is 55.1 Å². The van der Waals surface area contributed by atoms with Gasteiger partial charge >= 0.3 is 6.03 Å². The number of nitrogens with zero attached hydrogens (tertiary/aromatic N) is 3. The first-order chi connectivity index (χ1) is 14.7. The number of carbonyl (C=O) groups is 1. The number of fused-ring (bicyclic) bond motifs is 1. The Kier molecular flexibility index (Phi) is 6.23. The van der Waals surface area contributed by atoms with E-state index < -0.39 is 0 Å². The van der Waals surface area contributed by atoms with Crippen molar-refractivity contribution in [2.24, 2.45) is 0 Å². The van der Waals surface area contributed by atoms with Gasteiger partial charge in [0.25, 0.3) is 0 Å². The number of amides is 2. The van der Waals surface area contributed by atoms with Crippen LogP contribution in [0, 0.1) is 0 Å². The number of nitrogens with one attached hydrogen (secondary N) is 1. The molecule has 7 nitrogen and oxygen atoms in total. The van der Waals surface area contributed by atoms with Gasteiger partial charge in [-0.25, -0.2) is 9.78 Å². The largest absolute Gasteiger partial charge is 0.494 e. The second-order valence-electron chi connectivity index (χ2n) is 6.89. The number of urea groups is 1. The average molecular weight is 427 g/mol. The number of aromatic nitrogens is 1. The zero-order chi connectivity index (χ0) is 20.9. The lowest BCUT2D eigenvalue weighted by atomic mass is 10.3. The van der Waals surface area contributed by atoms with Crippen LogP contribution in [0.25, 0.3) is 10.2 Å². The predicted molar refractivity (Wildman–Crippen MR) is 121 cm³/mol. The fraction of sp³-hybridized carbons (Fsp3) is 0.364. The Morgan fingerprint density at radius 2 is 1.77 bits per heavy atom. The molecule has 0 unspecified atom stereocenters. The number of ether oxygens (including phenoxy) is 2. The smallest absolute Gasteiger partial charge is 0.321 e. The van der Waals surface area contributed by atoms with Gasteiger partial charge in [-0.1, -0.05) is 17.4 Å². The van der Waals surface area contributed by atoms with E-state index in [9.17, 15) is 4.79 Å². The van der Waals surface area contributed by atoms with Gasteiger partial charge in [0.15, 0.2) is 5.13 Å². The van der Waals surface area contributed by atoms with Crippen molar-refractivity contribution >= 4 is 38.4 Å². The van der Waals surface area contributed by atoms with Gasteiger partial charge in [-0.2, -0.15) is 0 Å². The highest BCUT2D eigenvalue weighted by atomic mass is 32.1. The highest BCUT2D eigenvalue weighted by molar-refractivity contribution is 7.22. The molecular weight excluding hydrogens is 400 g/mol. The van der Waals surface area contributed by atoms with E-state index >= 15 is 0 Å². The lowest BCUT2D eigenvalue weighted by Crippen LogP contribution is -2.50. The summed E-state index contributed by atoms with van der Waals surface area (Å²) < 4.78 is 12.3. The molecule has 1 aromatic heterocycles. The number of carbonyl (C=O) groups excluding carboxylic acids is 1. The molecule has 158 valence electrons. The second-order valence-corrected chi connectivity index (χ2v) is 7.90. The Bertz CT molecular complexity index is 997. The third kappa shape index (κ3) is 4.43. The van der Waals surface area contributed by atoms with Gasteiger partial charge in [0.05, 0.1) is 17.9 Å². The molecule has 2 aromatic carbocycles. The first kappa shape index (κ1) is 20.3. The highest BCUT2D eigenvalue weighted by Gasteiger charge is 2.23. The van der Waals surface area contributed by atoms with Crippen LogP contribution >= 0.6 is 11.3 Å². The van der Waals surface area contributed by atoms with Gasteiger partial charge in [-0.05, 0) is 50.2 Å². The Morgan fingerprint density at radius 3 is 2.47 bits per heavy atom. The molecule has 30 heavy (non-hydrogen) atoms. The zero-order valence-corrected chi connectivity index (χ0v) is 18.1. The van der Waals surface area contributed by atoms with Crippen molar-refractivity contribution in [3.05, 3.63) is 42.5 Å². The summed E-state index contributed by atoms with van der Waals surface area (Å²) in [5.74, 6) is 1.62. The molecule has 0 saturated carbocycles. The summed E-state index contributed by atoms with van der Waals surface area (Å²) in [5, 5.41) is 3.94. The van der Waals surface area contributed by atoms with E-state index in [1.165, 1.54) is 0 Å². The summed E-state index contributed by atoms with van der Waals surface area (Å²) >= 11 is 1.67. The lowest BCUT2D eigenvalue weighted by Gasteiger charge is -2.34. The van der Waals surface area contributed by atoms with Crippen molar-refractivity contribution in [1.82, 2.24) is 9.88 Å². The summed E-state index contributed by atoms with van der Waals surface area (Å²) in [4.78, 5) is 21.5. The lowest BCUT2D eigenvalue weighted by molar-refractivity contribution is 0.208. The van der Waals surface area contributed by atoms with Crippen molar-refractivity contribution in [3.8, 4) is 11.5 Å². The van der Waals surface area contributed by atoms with Crippen LogP contribution in [0.2, 0.25) is 0 Å². The molecule has 1 fully saturated rings. The van der Waals surface area contributed by atoms with Crippen molar-refractivity contribution in [3.63, 3.8) is 0 Å². The van der Waals surface area contributed by atoms with E-state index in [0.29, 0.717) is 26.3 Å². The summed E-state index contributed by atoms with van der Waals surface area (Å²) in [6, 6.07) is 13.4. The molecular formula is C22H26N4O3S. The molecule has 1 aliphatic heterocycles. The first-order valence-electron chi connectivity index (χ1n) is 10.2. The number of hydrogen-bond donors (Lipinski definition) is 1. The van der Waals surface area contributed by atoms with E-state index in [2.05, 4.69) is 16.3 Å². The molecule has 0 atom stereocenters. The van der Waals surface area contributed by atoms with E-state index in [1.54, 1.807) is 11.3 Å². The van der Waals surface area contributed by atoms with Crippen LogP contribution < -0.4 is 19.7 Å². The highest BCUT2D eigenvalue weighted by Crippen LogP contribution is 2.34. The molecule has 4 rings (SSSR count). The molecule has 0 radical (unpaired) electrons. The van der Waals surface area contributed by atoms with Crippen molar-refractivity contribution in [1.29, 1.82) is 0 Å². The maximum atomic E-state index is 12.6. The average Bonchev–Trinajstić information content (AvgIpc) is 3.21. The van der Waals surface area contributed by atoms with E-state index in [0.717, 1.165) is 45.6 Å². The maximum Gasteiger partial charge on any atom is 0.321 e. The molecule has 0 spiro atoms. The van der Waals surface area contributed by atoms with Crippen LogP contribution in [0.15, 0.2) is 42.5 Å². The Balaban J connectivity index is 1.36. The molecule has 0 aliphatic carbocycles. The normalized spacial score (nSPS) is 14.1. The molecule has 2 amide bonds. The minimum absolute atomic E-state index is 0.0817. The van der Waals surface area contributed by atoms with Crippen molar-refractivity contribution in [2.75, 3.05) is 49.6 Å². The topological polar surface area (TPSA) is 66.9 Å². The van der Waals surface area contributed by atoms with Gasteiger partial charge in [-0.3, -0.25) is 0 Å². The molecule has 1 aliphatic rings. The van der Waals surface area contributed by atoms with Crippen LogP contribution in [0.3, 0.4) is 0 Å². The van der Waals surface area contributed by atoms with Gasteiger partial charge < -0.3 is 24.6 Å². The minimum atomic E-state index is -0.0817. The Labute approximate surface area is 180 Å². The third-order valence-electron chi connectivity index (χ3n) is 4.92. The zero-order valence-electron chi connectivity index (χ0n) is 17.3. The monoisotopic (exact) mass is 426 g/mol. The fourth-order valence-electron chi connectivity index (χ4n) is 3.42. The Morgan fingerprint density at radius 1 is 1.03 bits per heavy atom. The number of rotatable bonds is 6. The third-order valence-corrected chi connectivity index (χ3v) is 6.01. The van der Waals surface area contributed by atoms with Gasteiger partial charge in [0.2, 0.25) is 0 Å². The first-order valence-corrected chi connectivity index (χ1v) is 11.1. The number of para-hydroxylation sites is 1. The molecule has 8 heteroatoms. The minimum Gasteiger partial charge on any atom is -0.494 e. The van der Waals surface area contributed by atoms with Gasteiger partial charge in [0, 0.05) is 31.9 Å². The summed E-state index contributed by atoms with van der Waals surface area (Å²) in [6.07, 6.45) is 0. The van der Waals surface area contributed by atoms with Crippen LogP contribution in [-0.4, -0.2) is 55.3 Å². The maximum absolute atomic E-state index is 12.6. The van der Waals surface area contributed by atoms with Crippen molar-refractivity contribution < 1.29 is 14.3 Å². The number of piperazine rings is 1. The number of thiazole rings is 1. The van der Waals surface area contributed by atoms with Gasteiger partial charge in [0.1, 0.15) is 17.0 Å².